The maximum atomic E-state index is 11.8. The Hall–Kier alpha value is -0.710. The zero-order valence-corrected chi connectivity index (χ0v) is 14.3. The molecule has 0 spiro atoms. The molecule has 3 nitrogen and oxygen atoms in total. The van der Waals surface area contributed by atoms with Gasteiger partial charge in [-0.25, -0.2) is 0 Å². The summed E-state index contributed by atoms with van der Waals surface area (Å²) < 4.78 is 5.33. The minimum atomic E-state index is -0.442. The molecule has 0 bridgehead atoms. The molecule has 0 amide bonds. The minimum absolute atomic E-state index is 0.200. The summed E-state index contributed by atoms with van der Waals surface area (Å²) in [6.45, 7) is 6.38. The van der Waals surface area contributed by atoms with Crippen molar-refractivity contribution in [1.82, 2.24) is 5.32 Å². The smallest absolute Gasteiger partial charge is 0.316 e. The van der Waals surface area contributed by atoms with Gasteiger partial charge < -0.3 is 10.1 Å². The highest BCUT2D eigenvalue weighted by Crippen LogP contribution is 2.30. The van der Waals surface area contributed by atoms with E-state index in [1.165, 1.54) is 24.6 Å². The van der Waals surface area contributed by atoms with Crippen LogP contribution >= 0.6 is 23.4 Å². The molecule has 0 aromatic heterocycles. The van der Waals surface area contributed by atoms with E-state index >= 15 is 0 Å². The van der Waals surface area contributed by atoms with E-state index in [-0.39, 0.29) is 5.97 Å². The van der Waals surface area contributed by atoms with E-state index in [9.17, 15) is 4.79 Å². The van der Waals surface area contributed by atoms with Crippen LogP contribution in [-0.2, 0) is 16.1 Å². The molecule has 0 aliphatic heterocycles. The number of carbonyl (C=O) groups excluding carboxylic acids is 1. The molecule has 1 fully saturated rings. The van der Waals surface area contributed by atoms with Crippen LogP contribution in [0, 0.1) is 0 Å². The van der Waals surface area contributed by atoms with Gasteiger partial charge in [-0.05, 0) is 51.3 Å². The van der Waals surface area contributed by atoms with Crippen molar-refractivity contribution in [3.05, 3.63) is 28.8 Å². The summed E-state index contributed by atoms with van der Waals surface area (Å²) in [6.07, 6.45) is 2.48. The van der Waals surface area contributed by atoms with Gasteiger partial charge >= 0.3 is 5.97 Å². The van der Waals surface area contributed by atoms with Gasteiger partial charge in [0.1, 0.15) is 5.60 Å². The van der Waals surface area contributed by atoms with E-state index in [4.69, 9.17) is 16.3 Å². The number of nitrogens with one attached hydrogen (secondary N) is 1. The van der Waals surface area contributed by atoms with Crippen molar-refractivity contribution in [2.24, 2.45) is 0 Å². The molecular formula is C16H22ClNO2S. The predicted molar refractivity (Wildman–Crippen MR) is 87.9 cm³/mol. The normalized spacial score (nSPS) is 15.0. The van der Waals surface area contributed by atoms with Crippen LogP contribution in [0.15, 0.2) is 23.1 Å². The lowest BCUT2D eigenvalue weighted by atomic mass is 10.2. The third-order valence-corrected chi connectivity index (χ3v) is 4.41. The van der Waals surface area contributed by atoms with Gasteiger partial charge in [-0.1, -0.05) is 17.7 Å². The van der Waals surface area contributed by atoms with Gasteiger partial charge in [0.05, 0.1) is 5.75 Å². The van der Waals surface area contributed by atoms with E-state index < -0.39 is 5.60 Å². The van der Waals surface area contributed by atoms with E-state index in [2.05, 4.69) is 5.32 Å². The number of carbonyl (C=O) groups is 1. The number of rotatable bonds is 6. The zero-order valence-electron chi connectivity index (χ0n) is 12.7. The molecule has 1 aliphatic rings. The summed E-state index contributed by atoms with van der Waals surface area (Å²) in [4.78, 5) is 12.9. The number of hydrogen-bond donors (Lipinski definition) is 1. The molecule has 0 saturated heterocycles. The predicted octanol–water partition coefficient (Wildman–Crippen LogP) is 4.03. The average molecular weight is 328 g/mol. The summed E-state index contributed by atoms with van der Waals surface area (Å²) in [5, 5.41) is 4.21. The van der Waals surface area contributed by atoms with Crippen LogP contribution in [-0.4, -0.2) is 23.4 Å². The minimum Gasteiger partial charge on any atom is -0.459 e. The van der Waals surface area contributed by atoms with Crippen molar-refractivity contribution in [3.63, 3.8) is 0 Å². The lowest BCUT2D eigenvalue weighted by Crippen LogP contribution is -2.25. The Kier molecular flexibility index (Phi) is 5.58. The number of esters is 1. The Bertz CT molecular complexity index is 509. The molecule has 1 saturated carbocycles. The summed E-state index contributed by atoms with van der Waals surface area (Å²) >= 11 is 7.77. The molecule has 0 radical (unpaired) electrons. The largest absolute Gasteiger partial charge is 0.459 e. The fourth-order valence-electron chi connectivity index (χ4n) is 1.89. The van der Waals surface area contributed by atoms with Gasteiger partial charge in [-0.15, -0.1) is 11.8 Å². The van der Waals surface area contributed by atoms with Crippen molar-refractivity contribution in [2.45, 2.75) is 56.7 Å². The fraction of sp³-hybridized carbons (Fsp3) is 0.562. The molecule has 1 N–H and O–H groups in total. The molecule has 0 atom stereocenters. The number of halogens is 1. The highest BCUT2D eigenvalue weighted by Gasteiger charge is 2.21. The molecular weight excluding hydrogens is 306 g/mol. The van der Waals surface area contributed by atoms with Crippen LogP contribution in [0.2, 0.25) is 5.02 Å². The van der Waals surface area contributed by atoms with Crippen LogP contribution in [0.4, 0.5) is 0 Å². The summed E-state index contributed by atoms with van der Waals surface area (Å²) in [6, 6.07) is 6.44. The summed E-state index contributed by atoms with van der Waals surface area (Å²) in [5.41, 5.74) is 0.627. The molecule has 1 aromatic carbocycles. The standard InChI is InChI=1S/C16H22ClNO2S/c1-16(2,3)20-15(19)10-21-14-6-4-5-13(17)12(14)9-18-11-7-8-11/h4-6,11,18H,7-10H2,1-3H3. The van der Waals surface area contributed by atoms with Gasteiger partial charge in [0.25, 0.3) is 0 Å². The van der Waals surface area contributed by atoms with Crippen LogP contribution in [0.3, 0.4) is 0 Å². The first kappa shape index (κ1) is 16.7. The Balaban J connectivity index is 1.95. The molecule has 116 valence electrons. The Morgan fingerprint density at radius 3 is 2.76 bits per heavy atom. The lowest BCUT2D eigenvalue weighted by molar-refractivity contribution is -0.151. The highest BCUT2D eigenvalue weighted by atomic mass is 35.5. The third-order valence-electron chi connectivity index (χ3n) is 2.99. The second-order valence-electron chi connectivity index (χ2n) is 6.25. The second-order valence-corrected chi connectivity index (χ2v) is 7.67. The van der Waals surface area contributed by atoms with Crippen molar-refractivity contribution in [3.8, 4) is 0 Å². The summed E-state index contributed by atoms with van der Waals surface area (Å²) in [5.74, 6) is 0.0993. The van der Waals surface area contributed by atoms with E-state index in [1.807, 2.05) is 39.0 Å². The first-order valence-electron chi connectivity index (χ1n) is 7.20. The number of hydrogen-bond acceptors (Lipinski definition) is 4. The zero-order chi connectivity index (χ0) is 15.5. The van der Waals surface area contributed by atoms with Crippen molar-refractivity contribution >= 4 is 29.3 Å². The fourth-order valence-corrected chi connectivity index (χ4v) is 3.05. The average Bonchev–Trinajstić information content (AvgIpc) is 3.17. The van der Waals surface area contributed by atoms with E-state index in [0.29, 0.717) is 11.8 Å². The third kappa shape index (κ3) is 5.89. The number of thioether (sulfide) groups is 1. The van der Waals surface area contributed by atoms with Crippen LogP contribution in [0.5, 0.6) is 0 Å². The Morgan fingerprint density at radius 2 is 2.14 bits per heavy atom. The van der Waals surface area contributed by atoms with Gasteiger partial charge in [0, 0.05) is 22.5 Å². The van der Waals surface area contributed by atoms with E-state index in [1.54, 1.807) is 0 Å². The highest BCUT2D eigenvalue weighted by molar-refractivity contribution is 8.00. The molecule has 2 rings (SSSR count). The first-order chi connectivity index (χ1) is 9.85. The van der Waals surface area contributed by atoms with Crippen LogP contribution < -0.4 is 5.32 Å². The number of benzene rings is 1. The molecule has 0 heterocycles. The van der Waals surface area contributed by atoms with Crippen molar-refractivity contribution < 1.29 is 9.53 Å². The Morgan fingerprint density at radius 1 is 1.43 bits per heavy atom. The molecule has 1 aliphatic carbocycles. The second kappa shape index (κ2) is 7.03. The van der Waals surface area contributed by atoms with Crippen LogP contribution in [0.25, 0.3) is 0 Å². The molecule has 5 heteroatoms. The van der Waals surface area contributed by atoms with Gasteiger partial charge in [-0.3, -0.25) is 4.79 Å². The van der Waals surface area contributed by atoms with Gasteiger partial charge in [0.15, 0.2) is 0 Å². The maximum Gasteiger partial charge on any atom is 0.316 e. The molecule has 1 aromatic rings. The molecule has 0 unspecified atom stereocenters. The summed E-state index contributed by atoms with van der Waals surface area (Å²) in [7, 11) is 0. The van der Waals surface area contributed by atoms with E-state index in [0.717, 1.165) is 22.0 Å². The SMILES string of the molecule is CC(C)(C)OC(=O)CSc1cccc(Cl)c1CNC1CC1. The number of ether oxygens (including phenoxy) is 1. The van der Waals surface area contributed by atoms with Crippen molar-refractivity contribution in [1.29, 1.82) is 0 Å². The first-order valence-corrected chi connectivity index (χ1v) is 8.57. The van der Waals surface area contributed by atoms with Gasteiger partial charge in [-0.2, -0.15) is 0 Å². The lowest BCUT2D eigenvalue weighted by Gasteiger charge is -2.19. The maximum absolute atomic E-state index is 11.8. The van der Waals surface area contributed by atoms with Crippen LogP contribution in [0.1, 0.15) is 39.2 Å². The topological polar surface area (TPSA) is 38.3 Å². The monoisotopic (exact) mass is 327 g/mol. The Labute approximate surface area is 135 Å². The molecule has 21 heavy (non-hydrogen) atoms. The van der Waals surface area contributed by atoms with Crippen molar-refractivity contribution in [2.75, 3.05) is 5.75 Å². The quantitative estimate of drug-likeness (QED) is 0.632. The van der Waals surface area contributed by atoms with Gasteiger partial charge in [0.2, 0.25) is 0 Å².